The van der Waals surface area contributed by atoms with Gasteiger partial charge in [-0.3, -0.25) is 9.13 Å². The zero-order valence-corrected chi connectivity index (χ0v) is 27.5. The van der Waals surface area contributed by atoms with Gasteiger partial charge in [0.1, 0.15) is 23.1 Å². The molecule has 4 heterocycles. The van der Waals surface area contributed by atoms with E-state index in [1.807, 2.05) is 24.5 Å². The lowest BCUT2D eigenvalue weighted by Gasteiger charge is -2.11. The van der Waals surface area contributed by atoms with Gasteiger partial charge in [0.2, 0.25) is 0 Å². The van der Waals surface area contributed by atoms with Crippen LogP contribution in [0.5, 0.6) is 11.5 Å². The third kappa shape index (κ3) is 4.94. The predicted octanol–water partition coefficient (Wildman–Crippen LogP) is 11.8. The van der Waals surface area contributed by atoms with Crippen LogP contribution >= 0.6 is 0 Å². The highest BCUT2D eigenvalue weighted by molar-refractivity contribution is 6.10. The molecule has 0 aliphatic rings. The van der Waals surface area contributed by atoms with Gasteiger partial charge in [-0.25, -0.2) is 9.97 Å². The third-order valence-electron chi connectivity index (χ3n) is 9.69. The summed E-state index contributed by atoms with van der Waals surface area (Å²) >= 11 is 0. The minimum Gasteiger partial charge on any atom is -0.457 e. The Bertz CT molecular complexity index is 2690. The molecule has 5 nitrogen and oxygen atoms in total. The second kappa shape index (κ2) is 11.9. The molecule has 10 rings (SSSR count). The van der Waals surface area contributed by atoms with Crippen molar-refractivity contribution >= 4 is 43.6 Å². The average molecular weight is 655 g/mol. The van der Waals surface area contributed by atoms with Crippen LogP contribution in [-0.4, -0.2) is 19.1 Å². The molecular formula is C46H30N4O. The second-order valence-electron chi connectivity index (χ2n) is 12.7. The Hall–Kier alpha value is -6.98. The van der Waals surface area contributed by atoms with E-state index in [1.165, 1.54) is 10.8 Å². The maximum Gasteiger partial charge on any atom is 0.138 e. The van der Waals surface area contributed by atoms with E-state index in [1.54, 1.807) is 0 Å². The molecule has 0 saturated carbocycles. The Kier molecular flexibility index (Phi) is 6.74. The highest BCUT2D eigenvalue weighted by Gasteiger charge is 2.17. The summed E-state index contributed by atoms with van der Waals surface area (Å²) in [4.78, 5) is 9.71. The van der Waals surface area contributed by atoms with Gasteiger partial charge >= 0.3 is 0 Å². The zero-order valence-electron chi connectivity index (χ0n) is 27.5. The van der Waals surface area contributed by atoms with Crippen molar-refractivity contribution in [2.75, 3.05) is 0 Å². The van der Waals surface area contributed by atoms with Gasteiger partial charge in [0.15, 0.2) is 0 Å². The summed E-state index contributed by atoms with van der Waals surface area (Å²) in [5.74, 6) is 3.21. The van der Waals surface area contributed by atoms with Crippen molar-refractivity contribution in [1.29, 1.82) is 0 Å². The number of ether oxygens (including phenoxy) is 1. The standard InChI is InChI=1S/C46H30N4O/c1-3-11-31(12-4-1)33-23-25-47-45(27-33)49-41-17-9-7-15-37(41)39-21-19-35(29-43(39)49)51-36-20-22-40-38-16-8-10-18-42(38)50(44(40)30-36)46-28-34(24-26-48-46)32-13-5-2-6-14-32/h1-30H. The minimum absolute atomic E-state index is 0.747. The number of para-hydroxylation sites is 2. The molecule has 0 aliphatic heterocycles. The van der Waals surface area contributed by atoms with Gasteiger partial charge in [0, 0.05) is 46.1 Å². The first-order chi connectivity index (χ1) is 25.3. The van der Waals surface area contributed by atoms with Crippen molar-refractivity contribution in [3.63, 3.8) is 0 Å². The van der Waals surface area contributed by atoms with E-state index in [0.29, 0.717) is 0 Å². The van der Waals surface area contributed by atoms with Crippen molar-refractivity contribution in [2.24, 2.45) is 0 Å². The summed E-state index contributed by atoms with van der Waals surface area (Å²) in [6.07, 6.45) is 3.77. The van der Waals surface area contributed by atoms with Gasteiger partial charge in [-0.15, -0.1) is 0 Å². The quantitative estimate of drug-likeness (QED) is 0.179. The topological polar surface area (TPSA) is 44.9 Å². The van der Waals surface area contributed by atoms with E-state index in [-0.39, 0.29) is 0 Å². The number of rotatable bonds is 6. The van der Waals surface area contributed by atoms with Crippen LogP contribution in [0.4, 0.5) is 0 Å². The van der Waals surface area contributed by atoms with Crippen LogP contribution < -0.4 is 4.74 Å². The number of nitrogens with zero attached hydrogens (tertiary/aromatic N) is 4. The van der Waals surface area contributed by atoms with E-state index in [9.17, 15) is 0 Å². The number of fused-ring (bicyclic) bond motifs is 6. The smallest absolute Gasteiger partial charge is 0.138 e. The average Bonchev–Trinajstić information content (AvgIpc) is 3.71. The maximum absolute atomic E-state index is 6.69. The molecule has 5 heteroatoms. The molecule has 10 aromatic rings. The summed E-state index contributed by atoms with van der Waals surface area (Å²) in [5.41, 5.74) is 8.79. The van der Waals surface area contributed by atoms with Crippen LogP contribution in [0.25, 0.3) is 77.5 Å². The minimum atomic E-state index is 0.747. The summed E-state index contributed by atoms with van der Waals surface area (Å²) < 4.78 is 11.2. The summed E-state index contributed by atoms with van der Waals surface area (Å²) in [5, 5.41) is 4.62. The Morgan fingerprint density at radius 2 is 0.745 bits per heavy atom. The van der Waals surface area contributed by atoms with Crippen LogP contribution in [0, 0.1) is 0 Å². The number of benzene rings is 6. The monoisotopic (exact) mass is 654 g/mol. The Morgan fingerprint density at radius 1 is 0.333 bits per heavy atom. The van der Waals surface area contributed by atoms with Crippen LogP contribution in [0.15, 0.2) is 182 Å². The van der Waals surface area contributed by atoms with Crippen LogP contribution in [0.3, 0.4) is 0 Å². The lowest BCUT2D eigenvalue weighted by molar-refractivity contribution is 0.484. The molecule has 4 aromatic heterocycles. The Morgan fingerprint density at radius 3 is 1.22 bits per heavy atom. The number of pyridine rings is 2. The van der Waals surface area contributed by atoms with E-state index >= 15 is 0 Å². The molecule has 0 amide bonds. The molecule has 0 unspecified atom stereocenters. The third-order valence-corrected chi connectivity index (χ3v) is 9.69. The normalized spacial score (nSPS) is 11.5. The fraction of sp³-hybridized carbons (Fsp3) is 0. The first-order valence-corrected chi connectivity index (χ1v) is 17.1. The van der Waals surface area contributed by atoms with Crippen molar-refractivity contribution < 1.29 is 4.74 Å². The van der Waals surface area contributed by atoms with E-state index < -0.39 is 0 Å². The fourth-order valence-corrected chi connectivity index (χ4v) is 7.36. The SMILES string of the molecule is c1ccc(-c2ccnc(-n3c4ccccc4c4ccc(Oc5ccc6c7ccccc7n(-c7cc(-c8ccccc8)ccn7)c6c5)cc43)c2)cc1. The number of aromatic nitrogens is 4. The van der Waals surface area contributed by atoms with Crippen molar-refractivity contribution in [3.05, 3.63) is 182 Å². The highest BCUT2D eigenvalue weighted by Crippen LogP contribution is 2.38. The summed E-state index contributed by atoms with van der Waals surface area (Å²) in [6, 6.07) is 58.9. The van der Waals surface area contributed by atoms with Crippen LogP contribution in [0.1, 0.15) is 0 Å². The zero-order chi connectivity index (χ0) is 33.7. The first kappa shape index (κ1) is 29.0. The fourth-order valence-electron chi connectivity index (χ4n) is 7.36. The van der Waals surface area contributed by atoms with E-state index in [0.717, 1.165) is 78.2 Å². The largest absolute Gasteiger partial charge is 0.457 e. The van der Waals surface area contributed by atoms with Gasteiger partial charge in [0.25, 0.3) is 0 Å². The molecule has 0 N–H and O–H groups in total. The molecule has 0 radical (unpaired) electrons. The van der Waals surface area contributed by atoms with Crippen LogP contribution in [0.2, 0.25) is 0 Å². The van der Waals surface area contributed by atoms with Gasteiger partial charge in [-0.1, -0.05) is 97.1 Å². The number of hydrogen-bond donors (Lipinski definition) is 0. The molecule has 0 atom stereocenters. The lowest BCUT2D eigenvalue weighted by atomic mass is 10.1. The van der Waals surface area contributed by atoms with Crippen molar-refractivity contribution in [2.45, 2.75) is 0 Å². The molecule has 0 saturated heterocycles. The van der Waals surface area contributed by atoms with Gasteiger partial charge < -0.3 is 4.74 Å². The Labute approximate surface area is 294 Å². The number of hydrogen-bond acceptors (Lipinski definition) is 3. The van der Waals surface area contributed by atoms with E-state index in [4.69, 9.17) is 14.7 Å². The van der Waals surface area contributed by atoms with Gasteiger partial charge in [0.05, 0.1) is 22.1 Å². The predicted molar refractivity (Wildman–Crippen MR) is 208 cm³/mol. The molecule has 51 heavy (non-hydrogen) atoms. The molecular weight excluding hydrogens is 625 g/mol. The molecule has 0 spiro atoms. The molecule has 240 valence electrons. The van der Waals surface area contributed by atoms with Gasteiger partial charge in [-0.05, 0) is 82.9 Å². The van der Waals surface area contributed by atoms with Crippen LogP contribution in [-0.2, 0) is 0 Å². The molecule has 0 bridgehead atoms. The maximum atomic E-state index is 6.69. The molecule has 0 fully saturated rings. The summed E-state index contributed by atoms with van der Waals surface area (Å²) in [6.45, 7) is 0. The van der Waals surface area contributed by atoms with Crippen molar-refractivity contribution in [3.8, 4) is 45.4 Å². The Balaban J connectivity index is 1.10. The van der Waals surface area contributed by atoms with Crippen molar-refractivity contribution in [1.82, 2.24) is 19.1 Å². The van der Waals surface area contributed by atoms with Gasteiger partial charge in [-0.2, -0.15) is 0 Å². The lowest BCUT2D eigenvalue weighted by Crippen LogP contribution is -1.98. The second-order valence-corrected chi connectivity index (χ2v) is 12.7. The molecule has 6 aromatic carbocycles. The summed E-state index contributed by atoms with van der Waals surface area (Å²) in [7, 11) is 0. The molecule has 0 aliphatic carbocycles. The van der Waals surface area contributed by atoms with E-state index in [2.05, 4.69) is 167 Å². The first-order valence-electron chi connectivity index (χ1n) is 17.1. The highest BCUT2D eigenvalue weighted by atomic mass is 16.5.